The van der Waals surface area contributed by atoms with Gasteiger partial charge < -0.3 is 15.3 Å². The maximum atomic E-state index is 11.0. The summed E-state index contributed by atoms with van der Waals surface area (Å²) < 4.78 is 1.16. The van der Waals surface area contributed by atoms with E-state index >= 15 is 0 Å². The van der Waals surface area contributed by atoms with Crippen LogP contribution in [0.1, 0.15) is 68.8 Å². The molecule has 5 atom stereocenters. The van der Waals surface area contributed by atoms with Crippen molar-refractivity contribution in [3.63, 3.8) is 0 Å². The molecule has 5 N–H and O–H groups in total. The van der Waals surface area contributed by atoms with Crippen LogP contribution >= 0.6 is 11.3 Å². The highest BCUT2D eigenvalue weighted by Gasteiger charge is 2.40. The molecule has 2 unspecified atom stereocenters. The zero-order chi connectivity index (χ0) is 21.5. The lowest BCUT2D eigenvalue weighted by Gasteiger charge is -2.24. The second-order valence-electron chi connectivity index (χ2n) is 8.47. The Kier molecular flexibility index (Phi) is 8.65. The molecule has 1 saturated carbocycles. The van der Waals surface area contributed by atoms with Crippen molar-refractivity contribution in [3.8, 4) is 0 Å². The molecule has 1 aromatic carbocycles. The van der Waals surface area contributed by atoms with Crippen LogP contribution in [0.2, 0.25) is 0 Å². The van der Waals surface area contributed by atoms with Crippen molar-refractivity contribution >= 4 is 27.3 Å². The molecule has 0 spiro atoms. The first-order valence-electron chi connectivity index (χ1n) is 10.9. The fraction of sp³-hybridized carbons (Fsp3) is 0.609. The number of thiophene rings is 1. The molecule has 1 fully saturated rings. The second kappa shape index (κ2) is 11.2. The third kappa shape index (κ3) is 6.02. The molecule has 30 heavy (non-hydrogen) atoms. The van der Waals surface area contributed by atoms with Gasteiger partial charge in [-0.05, 0) is 61.5 Å². The molecule has 1 heterocycles. The molecule has 2 aromatic rings. The highest BCUT2D eigenvalue weighted by Crippen LogP contribution is 2.41. The molecular formula is C23H33NO5S. The fourth-order valence-electron chi connectivity index (χ4n) is 4.71. The van der Waals surface area contributed by atoms with E-state index in [1.807, 2.05) is 24.3 Å². The zero-order valence-electron chi connectivity index (χ0n) is 17.2. The Hall–Kier alpha value is -1.51. The summed E-state index contributed by atoms with van der Waals surface area (Å²) in [6.07, 6.45) is 4.78. The zero-order valence-corrected chi connectivity index (χ0v) is 18.1. The van der Waals surface area contributed by atoms with Crippen LogP contribution in [0.25, 0.3) is 10.1 Å². The minimum Gasteiger partial charge on any atom is -0.393 e. The van der Waals surface area contributed by atoms with Gasteiger partial charge >= 0.3 is 0 Å². The van der Waals surface area contributed by atoms with Crippen molar-refractivity contribution in [3.05, 3.63) is 35.2 Å². The Morgan fingerprint density at radius 1 is 1.07 bits per heavy atom. The van der Waals surface area contributed by atoms with Crippen LogP contribution in [0.15, 0.2) is 30.3 Å². The van der Waals surface area contributed by atoms with Gasteiger partial charge in [-0.1, -0.05) is 37.5 Å². The van der Waals surface area contributed by atoms with E-state index in [1.165, 1.54) is 0 Å². The van der Waals surface area contributed by atoms with Crippen molar-refractivity contribution in [1.29, 1.82) is 0 Å². The van der Waals surface area contributed by atoms with Gasteiger partial charge in [-0.15, -0.1) is 11.3 Å². The van der Waals surface area contributed by atoms with Crippen molar-refractivity contribution in [2.45, 2.75) is 76.1 Å². The molecular weight excluding hydrogens is 402 g/mol. The van der Waals surface area contributed by atoms with E-state index in [2.05, 4.69) is 6.07 Å². The average Bonchev–Trinajstić information content (AvgIpc) is 3.29. The lowest BCUT2D eigenvalue weighted by atomic mass is 9.84. The number of hydroxylamine groups is 1. The highest BCUT2D eigenvalue weighted by atomic mass is 32.1. The fourth-order valence-corrected chi connectivity index (χ4v) is 5.80. The molecule has 0 aliphatic heterocycles. The smallest absolute Gasteiger partial charge is 0.243 e. The molecule has 1 aromatic heterocycles. The number of hydrogen-bond acceptors (Lipinski definition) is 6. The first-order chi connectivity index (χ1) is 14.5. The molecule has 1 aliphatic carbocycles. The van der Waals surface area contributed by atoms with Crippen molar-refractivity contribution in [1.82, 2.24) is 5.48 Å². The molecule has 0 bridgehead atoms. The Balaban J connectivity index is 1.46. The number of amides is 1. The summed E-state index contributed by atoms with van der Waals surface area (Å²) in [7, 11) is 0. The largest absolute Gasteiger partial charge is 0.393 e. The summed E-state index contributed by atoms with van der Waals surface area (Å²) in [6.45, 7) is 0. The number of fused-ring (bicyclic) bond motifs is 1. The minimum absolute atomic E-state index is 0.00388. The molecule has 6 nitrogen and oxygen atoms in total. The molecule has 1 amide bonds. The second-order valence-corrected chi connectivity index (χ2v) is 9.58. The van der Waals surface area contributed by atoms with Crippen LogP contribution < -0.4 is 5.48 Å². The Morgan fingerprint density at radius 3 is 2.50 bits per heavy atom. The van der Waals surface area contributed by atoms with Gasteiger partial charge in [0.2, 0.25) is 5.91 Å². The first-order valence-corrected chi connectivity index (χ1v) is 11.8. The van der Waals surface area contributed by atoms with Crippen LogP contribution in [0, 0.1) is 11.8 Å². The number of hydrogen-bond donors (Lipinski definition) is 5. The Morgan fingerprint density at radius 2 is 1.77 bits per heavy atom. The minimum atomic E-state index is -0.550. The van der Waals surface area contributed by atoms with E-state index in [1.54, 1.807) is 16.8 Å². The monoisotopic (exact) mass is 435 g/mol. The van der Waals surface area contributed by atoms with Gasteiger partial charge in [0.15, 0.2) is 0 Å². The van der Waals surface area contributed by atoms with Gasteiger partial charge in [0.25, 0.3) is 0 Å². The number of carbonyl (C=O) groups is 1. The molecule has 3 rings (SSSR count). The number of nitrogens with one attached hydrogen (secondary N) is 1. The predicted molar refractivity (Wildman–Crippen MR) is 117 cm³/mol. The van der Waals surface area contributed by atoms with Crippen molar-refractivity contribution in [2.75, 3.05) is 0 Å². The van der Waals surface area contributed by atoms with Gasteiger partial charge in [0.1, 0.15) is 0 Å². The molecule has 166 valence electrons. The first kappa shape index (κ1) is 23.2. The van der Waals surface area contributed by atoms with E-state index < -0.39 is 18.3 Å². The quantitative estimate of drug-likeness (QED) is 0.209. The summed E-state index contributed by atoms with van der Waals surface area (Å²) in [5.74, 6) is -0.305. The number of rotatable bonds is 11. The Labute approximate surface area is 181 Å². The lowest BCUT2D eigenvalue weighted by Crippen LogP contribution is -2.23. The molecule has 7 heteroatoms. The Bertz CT molecular complexity index is 777. The van der Waals surface area contributed by atoms with Gasteiger partial charge in [-0.3, -0.25) is 10.0 Å². The highest BCUT2D eigenvalue weighted by molar-refractivity contribution is 7.19. The molecule has 0 saturated heterocycles. The van der Waals surface area contributed by atoms with Crippen LogP contribution in [-0.4, -0.2) is 38.6 Å². The summed E-state index contributed by atoms with van der Waals surface area (Å²) in [5.41, 5.74) is 1.64. The maximum absolute atomic E-state index is 11.0. The third-order valence-electron chi connectivity index (χ3n) is 6.38. The number of unbranched alkanes of at least 4 members (excludes halogenated alkanes) is 3. The van der Waals surface area contributed by atoms with Crippen LogP contribution in [0.4, 0.5) is 0 Å². The summed E-state index contributed by atoms with van der Waals surface area (Å²) in [5, 5.41) is 41.2. The van der Waals surface area contributed by atoms with Crippen LogP contribution in [0.3, 0.4) is 0 Å². The van der Waals surface area contributed by atoms with Crippen LogP contribution in [0.5, 0.6) is 0 Å². The summed E-state index contributed by atoms with van der Waals surface area (Å²) in [4.78, 5) is 12.0. The maximum Gasteiger partial charge on any atom is 0.243 e. The average molecular weight is 436 g/mol. The van der Waals surface area contributed by atoms with Gasteiger partial charge in [0.05, 0.1) is 18.3 Å². The SMILES string of the molecule is O=C(CCCCCCC1[C@@H](CCC(O)c2cc3ccccc3s2)[C@H](O)C[C@@H]1O)NO. The topological polar surface area (TPSA) is 110 Å². The van der Waals surface area contributed by atoms with Gasteiger partial charge in [-0.25, -0.2) is 5.48 Å². The van der Waals surface area contributed by atoms with E-state index in [9.17, 15) is 20.1 Å². The standard InChI is InChI=1S/C23H33NO5S/c25-18(22-13-15-7-5-6-9-21(15)30-22)12-11-17-16(19(26)14-20(17)27)8-3-1-2-4-10-23(28)24-29/h5-7,9,13,16-20,25-27,29H,1-4,8,10-12,14H2,(H,24,28)/t16?,17-,18?,19+,20-/m1/s1. The number of benzene rings is 1. The summed E-state index contributed by atoms with van der Waals surface area (Å²) >= 11 is 1.61. The van der Waals surface area contributed by atoms with E-state index in [4.69, 9.17) is 5.21 Å². The van der Waals surface area contributed by atoms with Crippen molar-refractivity contribution in [2.24, 2.45) is 11.8 Å². The van der Waals surface area contributed by atoms with E-state index in [-0.39, 0.29) is 17.7 Å². The van der Waals surface area contributed by atoms with Crippen molar-refractivity contribution < 1.29 is 25.3 Å². The van der Waals surface area contributed by atoms with Gasteiger partial charge in [-0.2, -0.15) is 0 Å². The van der Waals surface area contributed by atoms with E-state index in [0.29, 0.717) is 25.7 Å². The van der Waals surface area contributed by atoms with Crippen LogP contribution in [-0.2, 0) is 4.79 Å². The summed E-state index contributed by atoms with van der Waals surface area (Å²) in [6, 6.07) is 10.1. The molecule has 1 aliphatic rings. The molecule has 0 radical (unpaired) electrons. The number of aliphatic hydroxyl groups is 3. The van der Waals surface area contributed by atoms with E-state index in [0.717, 1.165) is 47.1 Å². The lowest BCUT2D eigenvalue weighted by molar-refractivity contribution is -0.129. The number of aliphatic hydroxyl groups excluding tert-OH is 3. The normalized spacial score (nSPS) is 24.9. The predicted octanol–water partition coefficient (Wildman–Crippen LogP) is 3.92. The van der Waals surface area contributed by atoms with Gasteiger partial charge in [0, 0.05) is 16.0 Å². The number of carbonyl (C=O) groups excluding carboxylic acids is 1. The third-order valence-corrected chi connectivity index (χ3v) is 7.60.